The average Bonchev–Trinajstić information content (AvgIpc) is 2.47. The van der Waals surface area contributed by atoms with E-state index in [1.807, 2.05) is 12.1 Å². The first-order valence-corrected chi connectivity index (χ1v) is 7.67. The SMILES string of the molecule is COc1ccc(Br)cc1CC(=O)N1CCCC[C@@H]1C(=O)O. The number of ether oxygens (including phenoxy) is 1. The predicted octanol–water partition coefficient (Wildman–Crippen LogP) is 2.47. The van der Waals surface area contributed by atoms with Crippen LogP contribution in [0.1, 0.15) is 24.8 Å². The van der Waals surface area contributed by atoms with Gasteiger partial charge >= 0.3 is 5.97 Å². The molecular formula is C15H18BrNO4. The molecule has 21 heavy (non-hydrogen) atoms. The topological polar surface area (TPSA) is 66.8 Å². The fraction of sp³-hybridized carbons (Fsp3) is 0.467. The third kappa shape index (κ3) is 3.75. The van der Waals surface area contributed by atoms with E-state index in [-0.39, 0.29) is 12.3 Å². The summed E-state index contributed by atoms with van der Waals surface area (Å²) in [6.45, 7) is 0.506. The van der Waals surface area contributed by atoms with Crippen molar-refractivity contribution in [3.8, 4) is 5.75 Å². The Morgan fingerprint density at radius 2 is 2.19 bits per heavy atom. The number of hydrogen-bond acceptors (Lipinski definition) is 3. The van der Waals surface area contributed by atoms with E-state index in [4.69, 9.17) is 4.74 Å². The molecule has 1 fully saturated rings. The molecule has 114 valence electrons. The van der Waals surface area contributed by atoms with Crippen molar-refractivity contribution < 1.29 is 19.4 Å². The highest BCUT2D eigenvalue weighted by atomic mass is 79.9. The number of aliphatic carboxylic acids is 1. The number of nitrogens with zero attached hydrogens (tertiary/aromatic N) is 1. The zero-order valence-electron chi connectivity index (χ0n) is 11.8. The van der Waals surface area contributed by atoms with Crippen molar-refractivity contribution in [2.75, 3.05) is 13.7 Å². The number of carboxylic acid groups (broad SMARTS) is 1. The second kappa shape index (κ2) is 6.93. The fourth-order valence-electron chi connectivity index (χ4n) is 2.64. The molecule has 1 aromatic rings. The maximum Gasteiger partial charge on any atom is 0.326 e. The van der Waals surface area contributed by atoms with Crippen molar-refractivity contribution >= 4 is 27.8 Å². The van der Waals surface area contributed by atoms with Crippen molar-refractivity contribution in [2.24, 2.45) is 0 Å². The summed E-state index contributed by atoms with van der Waals surface area (Å²) in [5, 5.41) is 9.24. The molecule has 1 N–H and O–H groups in total. The number of likely N-dealkylation sites (tertiary alicyclic amines) is 1. The summed E-state index contributed by atoms with van der Waals surface area (Å²) < 4.78 is 6.12. The third-order valence-electron chi connectivity index (χ3n) is 3.69. The van der Waals surface area contributed by atoms with Gasteiger partial charge in [0, 0.05) is 16.6 Å². The highest BCUT2D eigenvalue weighted by molar-refractivity contribution is 9.10. The summed E-state index contributed by atoms with van der Waals surface area (Å²) >= 11 is 3.37. The minimum Gasteiger partial charge on any atom is -0.496 e. The van der Waals surface area contributed by atoms with Crippen LogP contribution < -0.4 is 4.74 Å². The lowest BCUT2D eigenvalue weighted by atomic mass is 10.0. The number of methoxy groups -OCH3 is 1. The number of piperidine rings is 1. The fourth-order valence-corrected chi connectivity index (χ4v) is 3.05. The molecule has 1 amide bonds. The highest BCUT2D eigenvalue weighted by Gasteiger charge is 2.32. The highest BCUT2D eigenvalue weighted by Crippen LogP contribution is 2.25. The number of carbonyl (C=O) groups is 2. The van der Waals surface area contributed by atoms with Crippen LogP contribution in [0.5, 0.6) is 5.75 Å². The van der Waals surface area contributed by atoms with Crippen molar-refractivity contribution in [2.45, 2.75) is 31.7 Å². The van der Waals surface area contributed by atoms with Gasteiger partial charge in [0.1, 0.15) is 11.8 Å². The zero-order valence-corrected chi connectivity index (χ0v) is 13.4. The van der Waals surface area contributed by atoms with Crippen LogP contribution in [0.2, 0.25) is 0 Å². The number of halogens is 1. The van der Waals surface area contributed by atoms with Gasteiger partial charge in [-0.15, -0.1) is 0 Å². The van der Waals surface area contributed by atoms with Gasteiger partial charge in [-0.3, -0.25) is 4.79 Å². The van der Waals surface area contributed by atoms with E-state index in [1.54, 1.807) is 13.2 Å². The van der Waals surface area contributed by atoms with Gasteiger partial charge in [0.25, 0.3) is 0 Å². The average molecular weight is 356 g/mol. The molecule has 5 nitrogen and oxygen atoms in total. The molecule has 1 aliphatic heterocycles. The molecule has 0 aromatic heterocycles. The molecule has 0 saturated carbocycles. The molecule has 2 rings (SSSR count). The van der Waals surface area contributed by atoms with E-state index in [9.17, 15) is 14.7 Å². The monoisotopic (exact) mass is 355 g/mol. The number of carboxylic acids is 1. The Hall–Kier alpha value is -1.56. The summed E-state index contributed by atoms with van der Waals surface area (Å²) in [6, 6.07) is 4.76. The van der Waals surface area contributed by atoms with Crippen LogP contribution >= 0.6 is 15.9 Å². The Morgan fingerprint density at radius 1 is 1.43 bits per heavy atom. The summed E-state index contributed by atoms with van der Waals surface area (Å²) in [6.07, 6.45) is 2.37. The first-order chi connectivity index (χ1) is 10.0. The molecule has 0 bridgehead atoms. The Kier molecular flexibility index (Phi) is 5.22. The van der Waals surface area contributed by atoms with Crippen molar-refractivity contribution in [1.29, 1.82) is 0 Å². The molecule has 1 saturated heterocycles. The van der Waals surface area contributed by atoms with Crippen LogP contribution in [0, 0.1) is 0 Å². The molecule has 1 atom stereocenters. The van der Waals surface area contributed by atoms with E-state index in [0.717, 1.165) is 22.9 Å². The molecule has 1 aromatic carbocycles. The van der Waals surface area contributed by atoms with Gasteiger partial charge in [-0.05, 0) is 37.5 Å². The lowest BCUT2D eigenvalue weighted by Gasteiger charge is -2.33. The molecule has 1 heterocycles. The number of rotatable bonds is 4. The molecule has 6 heteroatoms. The summed E-state index contributed by atoms with van der Waals surface area (Å²) in [5.74, 6) is -0.460. The lowest BCUT2D eigenvalue weighted by Crippen LogP contribution is -2.48. The van der Waals surface area contributed by atoms with Gasteiger partial charge in [-0.2, -0.15) is 0 Å². The number of hydrogen-bond donors (Lipinski definition) is 1. The van der Waals surface area contributed by atoms with Crippen molar-refractivity contribution in [3.05, 3.63) is 28.2 Å². The van der Waals surface area contributed by atoms with Gasteiger partial charge in [-0.1, -0.05) is 15.9 Å². The van der Waals surface area contributed by atoms with Crippen LogP contribution in [0.3, 0.4) is 0 Å². The summed E-state index contributed by atoms with van der Waals surface area (Å²) in [5.41, 5.74) is 0.756. The number of carbonyl (C=O) groups excluding carboxylic acids is 1. The Labute approximate surface area is 132 Å². The molecule has 0 aliphatic carbocycles. The summed E-state index contributed by atoms with van der Waals surface area (Å²) in [7, 11) is 1.55. The lowest BCUT2D eigenvalue weighted by molar-refractivity contribution is -0.151. The smallest absolute Gasteiger partial charge is 0.326 e. The maximum atomic E-state index is 12.5. The van der Waals surface area contributed by atoms with Gasteiger partial charge in [0.2, 0.25) is 5.91 Å². The Morgan fingerprint density at radius 3 is 2.86 bits per heavy atom. The van der Waals surface area contributed by atoms with Crippen LogP contribution in [0.25, 0.3) is 0 Å². The van der Waals surface area contributed by atoms with Crippen LogP contribution in [-0.2, 0) is 16.0 Å². The van der Waals surface area contributed by atoms with E-state index >= 15 is 0 Å². The molecular weight excluding hydrogens is 338 g/mol. The first-order valence-electron chi connectivity index (χ1n) is 6.87. The van der Waals surface area contributed by atoms with E-state index in [1.165, 1.54) is 4.90 Å². The molecule has 0 unspecified atom stereocenters. The largest absolute Gasteiger partial charge is 0.496 e. The molecule has 0 spiro atoms. The van der Waals surface area contributed by atoms with Crippen LogP contribution in [-0.4, -0.2) is 41.6 Å². The maximum absolute atomic E-state index is 12.5. The summed E-state index contributed by atoms with van der Waals surface area (Å²) in [4.78, 5) is 25.2. The van der Waals surface area contributed by atoms with Crippen molar-refractivity contribution in [1.82, 2.24) is 4.90 Å². The second-order valence-corrected chi connectivity index (χ2v) is 5.99. The van der Waals surface area contributed by atoms with E-state index < -0.39 is 12.0 Å². The van der Waals surface area contributed by atoms with Crippen LogP contribution in [0.4, 0.5) is 0 Å². The minimum atomic E-state index is -0.927. The van der Waals surface area contributed by atoms with Gasteiger partial charge in [-0.25, -0.2) is 4.79 Å². The van der Waals surface area contributed by atoms with E-state index in [2.05, 4.69) is 15.9 Å². The first kappa shape index (κ1) is 15.8. The Bertz CT molecular complexity index is 546. The molecule has 0 radical (unpaired) electrons. The van der Waals surface area contributed by atoms with Gasteiger partial charge in [0.05, 0.1) is 13.5 Å². The quantitative estimate of drug-likeness (QED) is 0.900. The van der Waals surface area contributed by atoms with Crippen molar-refractivity contribution in [3.63, 3.8) is 0 Å². The van der Waals surface area contributed by atoms with E-state index in [0.29, 0.717) is 18.7 Å². The third-order valence-corrected chi connectivity index (χ3v) is 4.19. The predicted molar refractivity (Wildman–Crippen MR) is 81.4 cm³/mol. The zero-order chi connectivity index (χ0) is 15.4. The normalized spacial score (nSPS) is 18.4. The van der Waals surface area contributed by atoms with Gasteiger partial charge in [0.15, 0.2) is 0 Å². The standard InChI is InChI=1S/C15H18BrNO4/c1-21-13-6-5-11(16)8-10(13)9-14(18)17-7-3-2-4-12(17)15(19)20/h5-6,8,12H,2-4,7,9H2,1H3,(H,19,20)/t12-/m1/s1. The number of benzene rings is 1. The Balaban J connectivity index is 2.16. The molecule has 1 aliphatic rings. The van der Waals surface area contributed by atoms with Gasteiger partial charge < -0.3 is 14.7 Å². The second-order valence-electron chi connectivity index (χ2n) is 5.07. The number of amides is 1. The minimum absolute atomic E-state index is 0.145. The van der Waals surface area contributed by atoms with Crippen LogP contribution in [0.15, 0.2) is 22.7 Å².